The van der Waals surface area contributed by atoms with Crippen molar-refractivity contribution in [1.82, 2.24) is 0 Å². The van der Waals surface area contributed by atoms with Crippen LogP contribution in [0.5, 0.6) is 0 Å². The van der Waals surface area contributed by atoms with Crippen molar-refractivity contribution in [3.63, 3.8) is 0 Å². The second-order valence-electron chi connectivity index (χ2n) is 4.83. The van der Waals surface area contributed by atoms with E-state index >= 15 is 0 Å². The van der Waals surface area contributed by atoms with Crippen LogP contribution >= 0.6 is 0 Å². The summed E-state index contributed by atoms with van der Waals surface area (Å²) in [7, 11) is 0. The highest BCUT2D eigenvalue weighted by Gasteiger charge is 1.99. The van der Waals surface area contributed by atoms with Crippen LogP contribution in [0.4, 0.5) is 0 Å². The summed E-state index contributed by atoms with van der Waals surface area (Å²) in [6, 6.07) is 14.4. The standard InChI is InChI=1S/C18H20O/c1-2-3-4-11-17(19)14-13-16-10-7-9-15-8-5-6-12-18(15)16/h5-10,12-14H,2-4,11H2,1H3/b14-13+. The third kappa shape index (κ3) is 3.78. The lowest BCUT2D eigenvalue weighted by atomic mass is 10.0. The molecular weight excluding hydrogens is 232 g/mol. The fraction of sp³-hybridized carbons (Fsp3) is 0.278. The molecule has 0 saturated carbocycles. The van der Waals surface area contributed by atoms with E-state index in [-0.39, 0.29) is 5.78 Å². The molecule has 0 amide bonds. The van der Waals surface area contributed by atoms with Gasteiger partial charge >= 0.3 is 0 Å². The molecular formula is C18H20O. The Morgan fingerprint density at radius 3 is 2.68 bits per heavy atom. The third-order valence-corrected chi connectivity index (χ3v) is 3.30. The Bertz CT molecular complexity index is 576. The van der Waals surface area contributed by atoms with Crippen molar-refractivity contribution >= 4 is 22.6 Å². The first kappa shape index (κ1) is 13.5. The van der Waals surface area contributed by atoms with Crippen LogP contribution in [-0.4, -0.2) is 5.78 Å². The Morgan fingerprint density at radius 2 is 1.84 bits per heavy atom. The van der Waals surface area contributed by atoms with Crippen LogP contribution in [0.3, 0.4) is 0 Å². The lowest BCUT2D eigenvalue weighted by molar-refractivity contribution is -0.114. The average Bonchev–Trinajstić information content (AvgIpc) is 2.45. The zero-order valence-corrected chi connectivity index (χ0v) is 11.4. The second kappa shape index (κ2) is 6.89. The molecule has 0 aliphatic heterocycles. The van der Waals surface area contributed by atoms with E-state index in [0.717, 1.165) is 24.8 Å². The van der Waals surface area contributed by atoms with Crippen LogP contribution in [0.1, 0.15) is 38.2 Å². The van der Waals surface area contributed by atoms with Gasteiger partial charge in [-0.1, -0.05) is 68.3 Å². The van der Waals surface area contributed by atoms with E-state index in [2.05, 4.69) is 31.2 Å². The molecule has 0 aliphatic carbocycles. The van der Waals surface area contributed by atoms with Crippen LogP contribution in [0.25, 0.3) is 16.8 Å². The monoisotopic (exact) mass is 252 g/mol. The molecule has 0 unspecified atom stereocenters. The molecule has 98 valence electrons. The molecule has 19 heavy (non-hydrogen) atoms. The van der Waals surface area contributed by atoms with Gasteiger partial charge in [0.25, 0.3) is 0 Å². The van der Waals surface area contributed by atoms with Crippen molar-refractivity contribution in [2.45, 2.75) is 32.6 Å². The number of rotatable bonds is 6. The first-order valence-electron chi connectivity index (χ1n) is 7.00. The van der Waals surface area contributed by atoms with Crippen LogP contribution in [0.15, 0.2) is 48.5 Å². The summed E-state index contributed by atoms with van der Waals surface area (Å²) < 4.78 is 0. The Morgan fingerprint density at radius 1 is 1.05 bits per heavy atom. The topological polar surface area (TPSA) is 17.1 Å². The highest BCUT2D eigenvalue weighted by molar-refractivity contribution is 5.97. The van der Waals surface area contributed by atoms with Gasteiger partial charge in [0.1, 0.15) is 0 Å². The molecule has 0 heterocycles. The average molecular weight is 252 g/mol. The number of benzene rings is 2. The van der Waals surface area contributed by atoms with Gasteiger partial charge in [-0.15, -0.1) is 0 Å². The van der Waals surface area contributed by atoms with Crippen molar-refractivity contribution < 1.29 is 4.79 Å². The van der Waals surface area contributed by atoms with Crippen molar-refractivity contribution in [2.24, 2.45) is 0 Å². The van der Waals surface area contributed by atoms with Crippen molar-refractivity contribution in [3.05, 3.63) is 54.1 Å². The van der Waals surface area contributed by atoms with Gasteiger partial charge in [-0.3, -0.25) is 4.79 Å². The molecule has 2 aromatic carbocycles. The summed E-state index contributed by atoms with van der Waals surface area (Å²) in [5, 5.41) is 2.41. The number of allylic oxidation sites excluding steroid dienone is 1. The highest BCUT2D eigenvalue weighted by Crippen LogP contribution is 2.19. The minimum Gasteiger partial charge on any atom is -0.295 e. The van der Waals surface area contributed by atoms with E-state index in [1.807, 2.05) is 24.3 Å². The normalized spacial score (nSPS) is 11.2. The number of unbranched alkanes of at least 4 members (excludes halogenated alkanes) is 2. The minimum atomic E-state index is 0.224. The zero-order chi connectivity index (χ0) is 13.5. The molecule has 0 saturated heterocycles. The van der Waals surface area contributed by atoms with Crippen LogP contribution in [-0.2, 0) is 4.79 Å². The molecule has 0 N–H and O–H groups in total. The summed E-state index contributed by atoms with van der Waals surface area (Å²) in [6.45, 7) is 2.15. The molecule has 0 spiro atoms. The van der Waals surface area contributed by atoms with Crippen LogP contribution in [0.2, 0.25) is 0 Å². The van der Waals surface area contributed by atoms with Gasteiger partial charge in [0, 0.05) is 6.42 Å². The summed E-state index contributed by atoms with van der Waals surface area (Å²) in [6.07, 6.45) is 7.60. The molecule has 0 bridgehead atoms. The maximum absolute atomic E-state index is 11.7. The summed E-state index contributed by atoms with van der Waals surface area (Å²) in [5.74, 6) is 0.224. The Hall–Kier alpha value is -1.89. The van der Waals surface area contributed by atoms with Gasteiger partial charge in [-0.2, -0.15) is 0 Å². The second-order valence-corrected chi connectivity index (χ2v) is 4.83. The molecule has 2 aromatic rings. The fourth-order valence-corrected chi connectivity index (χ4v) is 2.21. The van der Waals surface area contributed by atoms with E-state index in [1.54, 1.807) is 6.08 Å². The summed E-state index contributed by atoms with van der Waals surface area (Å²) in [5.41, 5.74) is 1.11. The van der Waals surface area contributed by atoms with E-state index < -0.39 is 0 Å². The quantitative estimate of drug-likeness (QED) is 0.522. The minimum absolute atomic E-state index is 0.224. The molecule has 1 nitrogen and oxygen atoms in total. The van der Waals surface area contributed by atoms with E-state index in [9.17, 15) is 4.79 Å². The highest BCUT2D eigenvalue weighted by atomic mass is 16.1. The largest absolute Gasteiger partial charge is 0.295 e. The lowest BCUT2D eigenvalue weighted by Crippen LogP contribution is -1.91. The number of hydrogen-bond donors (Lipinski definition) is 0. The van der Waals surface area contributed by atoms with Crippen LogP contribution in [0, 0.1) is 0 Å². The summed E-state index contributed by atoms with van der Waals surface area (Å²) >= 11 is 0. The zero-order valence-electron chi connectivity index (χ0n) is 11.4. The number of fused-ring (bicyclic) bond motifs is 1. The maximum atomic E-state index is 11.7. The molecule has 2 rings (SSSR count). The van der Waals surface area contributed by atoms with Gasteiger partial charge in [-0.25, -0.2) is 0 Å². The lowest BCUT2D eigenvalue weighted by Gasteiger charge is -2.01. The predicted molar refractivity (Wildman–Crippen MR) is 82.1 cm³/mol. The smallest absolute Gasteiger partial charge is 0.155 e. The molecule has 0 aliphatic rings. The molecule has 1 heteroatoms. The van der Waals surface area contributed by atoms with Gasteiger partial charge < -0.3 is 0 Å². The molecule has 0 aromatic heterocycles. The van der Waals surface area contributed by atoms with Gasteiger partial charge in [0.2, 0.25) is 0 Å². The molecule has 0 radical (unpaired) electrons. The van der Waals surface area contributed by atoms with E-state index in [1.165, 1.54) is 10.8 Å². The SMILES string of the molecule is CCCCCC(=O)/C=C/c1cccc2ccccc12. The third-order valence-electron chi connectivity index (χ3n) is 3.30. The summed E-state index contributed by atoms with van der Waals surface area (Å²) in [4.78, 5) is 11.7. The fourth-order valence-electron chi connectivity index (χ4n) is 2.21. The first-order chi connectivity index (χ1) is 9.31. The first-order valence-corrected chi connectivity index (χ1v) is 7.00. The number of hydrogen-bond acceptors (Lipinski definition) is 1. The van der Waals surface area contributed by atoms with Crippen LogP contribution < -0.4 is 0 Å². The Kier molecular flexibility index (Phi) is 4.91. The van der Waals surface area contributed by atoms with Crippen molar-refractivity contribution in [1.29, 1.82) is 0 Å². The van der Waals surface area contributed by atoms with Gasteiger partial charge in [-0.05, 0) is 28.8 Å². The van der Waals surface area contributed by atoms with Gasteiger partial charge in [0.15, 0.2) is 5.78 Å². The predicted octanol–water partition coefficient (Wildman–Crippen LogP) is 5.00. The van der Waals surface area contributed by atoms with Gasteiger partial charge in [0.05, 0.1) is 0 Å². The van der Waals surface area contributed by atoms with Crippen molar-refractivity contribution in [2.75, 3.05) is 0 Å². The Balaban J connectivity index is 2.10. The molecule has 0 fully saturated rings. The van der Waals surface area contributed by atoms with Crippen molar-refractivity contribution in [3.8, 4) is 0 Å². The van der Waals surface area contributed by atoms with E-state index in [4.69, 9.17) is 0 Å². The Labute approximate surface area is 115 Å². The number of ketones is 1. The van der Waals surface area contributed by atoms with E-state index in [0.29, 0.717) is 6.42 Å². The number of carbonyl (C=O) groups is 1. The number of carbonyl (C=O) groups excluding carboxylic acids is 1. The maximum Gasteiger partial charge on any atom is 0.155 e. The molecule has 0 atom stereocenters.